The number of nitrogens with one attached hydrogen (secondary N) is 2. The molecule has 0 saturated heterocycles. The maximum absolute atomic E-state index is 12.6. The Bertz CT molecular complexity index is 1030. The molecular weight excluding hydrogens is 419 g/mol. The van der Waals surface area contributed by atoms with Crippen LogP contribution < -0.4 is 10.6 Å². The van der Waals surface area contributed by atoms with Crippen molar-refractivity contribution in [2.45, 2.75) is 44.2 Å². The summed E-state index contributed by atoms with van der Waals surface area (Å²) in [5.74, 6) is 0.0922. The topological polar surface area (TPSA) is 103 Å². The zero-order valence-corrected chi connectivity index (χ0v) is 16.8. The van der Waals surface area contributed by atoms with Crippen LogP contribution in [0, 0.1) is 6.92 Å². The van der Waals surface area contributed by atoms with Crippen molar-refractivity contribution >= 4 is 33.3 Å². The van der Waals surface area contributed by atoms with Crippen molar-refractivity contribution in [2.75, 3.05) is 17.2 Å². The standard InChI is InChI=1S/C19H20F3N5O2S/c1-9-14(17-26-10-4-2-3-5-13(10)30-17)16(25-11-6-7-12(28)15(11)29)27-18(24-9)23-8-19(20,21)22/h2-5,11-12,15,28-29H,6-8H2,1H3,(H2,23,24,25,27)/t11-,12-,15?/m1/s1. The highest BCUT2D eigenvalue weighted by Gasteiger charge is 2.34. The second-order valence-corrected chi connectivity index (χ2v) is 8.23. The third kappa shape index (κ3) is 4.32. The Morgan fingerprint density at radius 2 is 1.90 bits per heavy atom. The monoisotopic (exact) mass is 439 g/mol. The van der Waals surface area contributed by atoms with E-state index in [1.54, 1.807) is 6.92 Å². The maximum Gasteiger partial charge on any atom is 0.405 e. The lowest BCUT2D eigenvalue weighted by atomic mass is 10.1. The van der Waals surface area contributed by atoms with Crippen molar-refractivity contribution in [3.8, 4) is 10.6 Å². The second kappa shape index (κ2) is 7.97. The number of aryl methyl sites for hydroxylation is 1. The minimum absolute atomic E-state index is 0.176. The normalized spacial score (nSPS) is 21.9. The summed E-state index contributed by atoms with van der Waals surface area (Å²) in [6, 6.07) is 7.07. The van der Waals surface area contributed by atoms with Crippen LogP contribution in [0.3, 0.4) is 0 Å². The van der Waals surface area contributed by atoms with Crippen LogP contribution in [0.15, 0.2) is 24.3 Å². The van der Waals surface area contributed by atoms with Gasteiger partial charge in [-0.1, -0.05) is 12.1 Å². The number of hydrogen-bond acceptors (Lipinski definition) is 8. The first-order valence-electron chi connectivity index (χ1n) is 9.39. The van der Waals surface area contributed by atoms with Gasteiger partial charge in [-0.3, -0.25) is 0 Å². The van der Waals surface area contributed by atoms with Crippen molar-refractivity contribution in [3.63, 3.8) is 0 Å². The molecule has 1 fully saturated rings. The van der Waals surface area contributed by atoms with Gasteiger partial charge in [0.25, 0.3) is 0 Å². The van der Waals surface area contributed by atoms with Crippen LogP contribution in [-0.2, 0) is 0 Å². The molecule has 4 rings (SSSR count). The van der Waals surface area contributed by atoms with Gasteiger partial charge in [-0.25, -0.2) is 9.97 Å². The third-order valence-electron chi connectivity index (χ3n) is 4.95. The first-order chi connectivity index (χ1) is 14.2. The number of aliphatic hydroxyl groups is 2. The number of thiazole rings is 1. The Hall–Kier alpha value is -2.50. The number of alkyl halides is 3. The van der Waals surface area contributed by atoms with Crippen LogP contribution in [-0.4, -0.2) is 56.1 Å². The maximum atomic E-state index is 12.6. The zero-order valence-electron chi connectivity index (χ0n) is 15.9. The number of benzene rings is 1. The summed E-state index contributed by atoms with van der Waals surface area (Å²) in [5.41, 5.74) is 1.80. The van der Waals surface area contributed by atoms with Crippen LogP contribution in [0.2, 0.25) is 0 Å². The van der Waals surface area contributed by atoms with E-state index < -0.39 is 31.0 Å². The first-order valence-corrected chi connectivity index (χ1v) is 10.2. The van der Waals surface area contributed by atoms with E-state index in [1.165, 1.54) is 11.3 Å². The molecule has 1 unspecified atom stereocenters. The van der Waals surface area contributed by atoms with Gasteiger partial charge in [0.05, 0.1) is 39.7 Å². The number of aromatic nitrogens is 3. The molecule has 3 aromatic rings. The second-order valence-electron chi connectivity index (χ2n) is 7.20. The summed E-state index contributed by atoms with van der Waals surface area (Å²) in [7, 11) is 0. The molecule has 160 valence electrons. The molecule has 1 saturated carbocycles. The Kier molecular flexibility index (Phi) is 5.51. The van der Waals surface area contributed by atoms with E-state index in [4.69, 9.17) is 0 Å². The molecule has 2 aromatic heterocycles. The van der Waals surface area contributed by atoms with Crippen LogP contribution in [0.25, 0.3) is 20.8 Å². The average molecular weight is 439 g/mol. The molecule has 1 aliphatic carbocycles. The van der Waals surface area contributed by atoms with Gasteiger partial charge in [0, 0.05) is 0 Å². The van der Waals surface area contributed by atoms with Gasteiger partial charge in [0.15, 0.2) is 0 Å². The number of hydrogen-bond donors (Lipinski definition) is 4. The highest BCUT2D eigenvalue weighted by atomic mass is 32.1. The van der Waals surface area contributed by atoms with E-state index >= 15 is 0 Å². The van der Waals surface area contributed by atoms with E-state index in [9.17, 15) is 23.4 Å². The van der Waals surface area contributed by atoms with Crippen LogP contribution in [0.1, 0.15) is 18.5 Å². The summed E-state index contributed by atoms with van der Waals surface area (Å²) in [4.78, 5) is 13.0. The molecule has 3 atom stereocenters. The van der Waals surface area contributed by atoms with Gasteiger partial charge in [-0.2, -0.15) is 18.2 Å². The number of anilines is 2. The summed E-state index contributed by atoms with van der Waals surface area (Å²) in [6.07, 6.45) is -5.37. The molecule has 0 aliphatic heterocycles. The van der Waals surface area contributed by atoms with E-state index in [0.717, 1.165) is 10.2 Å². The Balaban J connectivity index is 1.75. The van der Waals surface area contributed by atoms with Crippen molar-refractivity contribution in [2.24, 2.45) is 0 Å². The molecule has 1 aromatic carbocycles. The Morgan fingerprint density at radius 3 is 2.57 bits per heavy atom. The van der Waals surface area contributed by atoms with Gasteiger partial charge in [-0.15, -0.1) is 11.3 Å². The summed E-state index contributed by atoms with van der Waals surface area (Å²) < 4.78 is 38.8. The molecule has 1 aliphatic rings. The smallest absolute Gasteiger partial charge is 0.390 e. The van der Waals surface area contributed by atoms with Gasteiger partial charge in [-0.05, 0) is 31.9 Å². The molecule has 4 N–H and O–H groups in total. The van der Waals surface area contributed by atoms with E-state index in [0.29, 0.717) is 29.1 Å². The number of rotatable bonds is 5. The fourth-order valence-electron chi connectivity index (χ4n) is 3.46. The van der Waals surface area contributed by atoms with Crippen molar-refractivity contribution < 1.29 is 23.4 Å². The van der Waals surface area contributed by atoms with Gasteiger partial charge in [0.2, 0.25) is 5.95 Å². The lowest BCUT2D eigenvalue weighted by molar-refractivity contribution is -0.115. The molecule has 7 nitrogen and oxygen atoms in total. The van der Waals surface area contributed by atoms with Gasteiger partial charge < -0.3 is 20.8 Å². The first kappa shape index (κ1) is 20.8. The van der Waals surface area contributed by atoms with Gasteiger partial charge >= 0.3 is 6.18 Å². The predicted octanol–water partition coefficient (Wildman–Crippen LogP) is 3.33. The molecule has 11 heteroatoms. The largest absolute Gasteiger partial charge is 0.405 e. The molecule has 0 radical (unpaired) electrons. The van der Waals surface area contributed by atoms with E-state index in [2.05, 4.69) is 25.6 Å². The van der Waals surface area contributed by atoms with Gasteiger partial charge in [0.1, 0.15) is 17.4 Å². The molecule has 2 heterocycles. The fraction of sp³-hybridized carbons (Fsp3) is 0.421. The van der Waals surface area contributed by atoms with Crippen LogP contribution in [0.4, 0.5) is 24.9 Å². The molecule has 0 amide bonds. The lowest BCUT2D eigenvalue weighted by Gasteiger charge is -2.21. The summed E-state index contributed by atoms with van der Waals surface area (Å²) in [6.45, 7) is 0.407. The number of nitrogens with zero attached hydrogens (tertiary/aromatic N) is 3. The average Bonchev–Trinajstić information content (AvgIpc) is 3.24. The Morgan fingerprint density at radius 1 is 1.13 bits per heavy atom. The minimum atomic E-state index is -4.41. The zero-order chi connectivity index (χ0) is 21.5. The number of fused-ring (bicyclic) bond motifs is 1. The highest BCUT2D eigenvalue weighted by molar-refractivity contribution is 7.21. The van der Waals surface area contributed by atoms with Crippen molar-refractivity contribution in [3.05, 3.63) is 30.0 Å². The predicted molar refractivity (Wildman–Crippen MR) is 109 cm³/mol. The number of aliphatic hydroxyl groups excluding tert-OH is 2. The Labute approximate surface area is 174 Å². The van der Waals surface area contributed by atoms with Crippen molar-refractivity contribution in [1.29, 1.82) is 0 Å². The minimum Gasteiger partial charge on any atom is -0.390 e. The van der Waals surface area contributed by atoms with Crippen LogP contribution >= 0.6 is 11.3 Å². The van der Waals surface area contributed by atoms with Crippen LogP contribution in [0.5, 0.6) is 0 Å². The third-order valence-corrected chi connectivity index (χ3v) is 6.00. The fourth-order valence-corrected chi connectivity index (χ4v) is 4.53. The van der Waals surface area contributed by atoms with E-state index in [1.807, 2.05) is 24.3 Å². The lowest BCUT2D eigenvalue weighted by Crippen LogP contribution is -2.35. The van der Waals surface area contributed by atoms with E-state index in [-0.39, 0.29) is 11.8 Å². The molecule has 30 heavy (non-hydrogen) atoms. The summed E-state index contributed by atoms with van der Waals surface area (Å²) >= 11 is 1.42. The molecule has 0 bridgehead atoms. The molecular formula is C19H20F3N5O2S. The molecule has 0 spiro atoms. The quantitative estimate of drug-likeness (QED) is 0.484. The number of para-hydroxylation sites is 1. The summed E-state index contributed by atoms with van der Waals surface area (Å²) in [5, 5.41) is 26.0. The number of halogens is 3. The highest BCUT2D eigenvalue weighted by Crippen LogP contribution is 2.37. The van der Waals surface area contributed by atoms with Crippen molar-refractivity contribution in [1.82, 2.24) is 15.0 Å². The SMILES string of the molecule is Cc1nc(NCC(F)(F)F)nc(N[C@@H]2CC[C@@H](O)C2O)c1-c1nc2ccccc2s1.